The summed E-state index contributed by atoms with van der Waals surface area (Å²) in [4.78, 5) is 11.8. The molecule has 5 nitrogen and oxygen atoms in total. The third-order valence-electron chi connectivity index (χ3n) is 3.43. The summed E-state index contributed by atoms with van der Waals surface area (Å²) in [7, 11) is 0. The van der Waals surface area contributed by atoms with Crippen LogP contribution in [0.1, 0.15) is 26.2 Å². The van der Waals surface area contributed by atoms with Crippen molar-refractivity contribution in [1.82, 2.24) is 10.2 Å². The number of carbonyl (C=O) groups excluding carboxylic acids is 1. The monoisotopic (exact) mass is 283 g/mol. The van der Waals surface area contributed by atoms with E-state index in [-0.39, 0.29) is 5.91 Å². The first-order valence-electron chi connectivity index (χ1n) is 7.08. The topological polar surface area (TPSA) is 70.9 Å². The Labute approximate surface area is 122 Å². The largest absolute Gasteiger partial charge is 0.472 e. The Morgan fingerprint density at radius 3 is 3.00 bits per heavy atom. The zero-order valence-electron chi connectivity index (χ0n) is 11.8. The first-order chi connectivity index (χ1) is 10.3. The lowest BCUT2D eigenvalue weighted by molar-refractivity contribution is -0.116. The standard InChI is InChI=1S/C16H17N3O2/c1-2-3-4-15(20)17-16-13-6-5-11(9-14(13)18-19-16)12-7-8-21-10-12/h5-10H,2-4H2,1H3,(H2,17,18,19,20). The molecule has 3 rings (SSSR count). The summed E-state index contributed by atoms with van der Waals surface area (Å²) in [6, 6.07) is 7.85. The Morgan fingerprint density at radius 1 is 1.33 bits per heavy atom. The molecule has 2 N–H and O–H groups in total. The van der Waals surface area contributed by atoms with E-state index in [1.54, 1.807) is 12.5 Å². The van der Waals surface area contributed by atoms with Crippen LogP contribution in [-0.4, -0.2) is 16.1 Å². The lowest BCUT2D eigenvalue weighted by atomic mass is 10.1. The molecule has 0 saturated carbocycles. The van der Waals surface area contributed by atoms with Crippen molar-refractivity contribution in [3.8, 4) is 11.1 Å². The van der Waals surface area contributed by atoms with Crippen LogP contribution < -0.4 is 5.32 Å². The highest BCUT2D eigenvalue weighted by atomic mass is 16.3. The first-order valence-corrected chi connectivity index (χ1v) is 7.08. The van der Waals surface area contributed by atoms with E-state index in [0.29, 0.717) is 12.2 Å². The van der Waals surface area contributed by atoms with Gasteiger partial charge in [0.05, 0.1) is 18.0 Å². The Kier molecular flexibility index (Phi) is 3.73. The molecule has 2 aromatic heterocycles. The zero-order chi connectivity index (χ0) is 14.7. The molecule has 3 aromatic rings. The average Bonchev–Trinajstić information content (AvgIpc) is 3.15. The van der Waals surface area contributed by atoms with Crippen molar-refractivity contribution in [1.29, 1.82) is 0 Å². The number of nitrogens with zero attached hydrogens (tertiary/aromatic N) is 1. The first kappa shape index (κ1) is 13.4. The second kappa shape index (κ2) is 5.83. The van der Waals surface area contributed by atoms with Crippen LogP contribution in [0.2, 0.25) is 0 Å². The number of unbranched alkanes of at least 4 members (excludes halogenated alkanes) is 1. The zero-order valence-corrected chi connectivity index (χ0v) is 11.8. The number of H-pyrrole nitrogens is 1. The predicted molar refractivity (Wildman–Crippen MR) is 82.0 cm³/mol. The summed E-state index contributed by atoms with van der Waals surface area (Å²) in [5.74, 6) is 0.592. The average molecular weight is 283 g/mol. The third-order valence-corrected chi connectivity index (χ3v) is 3.43. The molecule has 0 atom stereocenters. The van der Waals surface area contributed by atoms with Crippen LogP contribution in [0.4, 0.5) is 5.82 Å². The number of rotatable bonds is 5. The molecule has 0 aliphatic carbocycles. The second-order valence-electron chi connectivity index (χ2n) is 5.00. The van der Waals surface area contributed by atoms with Gasteiger partial charge in [-0.15, -0.1) is 0 Å². The molecule has 1 amide bonds. The van der Waals surface area contributed by atoms with Gasteiger partial charge in [-0.3, -0.25) is 9.89 Å². The predicted octanol–water partition coefficient (Wildman–Crippen LogP) is 3.95. The number of carbonyl (C=O) groups is 1. The van der Waals surface area contributed by atoms with Crippen molar-refractivity contribution in [2.75, 3.05) is 5.32 Å². The van der Waals surface area contributed by atoms with Crippen molar-refractivity contribution in [2.24, 2.45) is 0 Å². The number of nitrogens with one attached hydrogen (secondary N) is 2. The van der Waals surface area contributed by atoms with Crippen LogP contribution >= 0.6 is 0 Å². The number of aromatic amines is 1. The maximum atomic E-state index is 11.8. The highest BCUT2D eigenvalue weighted by molar-refractivity contribution is 6.00. The van der Waals surface area contributed by atoms with Gasteiger partial charge in [0.25, 0.3) is 0 Å². The quantitative estimate of drug-likeness (QED) is 0.744. The number of anilines is 1. The number of hydrogen-bond acceptors (Lipinski definition) is 3. The number of furan rings is 1. The molecule has 0 spiro atoms. The summed E-state index contributed by atoms with van der Waals surface area (Å²) in [6.45, 7) is 2.06. The van der Waals surface area contributed by atoms with Crippen LogP contribution in [0.15, 0.2) is 41.2 Å². The van der Waals surface area contributed by atoms with E-state index >= 15 is 0 Å². The van der Waals surface area contributed by atoms with E-state index < -0.39 is 0 Å². The molecule has 5 heteroatoms. The maximum absolute atomic E-state index is 11.8. The fraction of sp³-hybridized carbons (Fsp3) is 0.250. The third kappa shape index (κ3) is 2.81. The van der Waals surface area contributed by atoms with Crippen LogP contribution in [0.5, 0.6) is 0 Å². The Balaban J connectivity index is 1.84. The second-order valence-corrected chi connectivity index (χ2v) is 5.00. The highest BCUT2D eigenvalue weighted by Crippen LogP contribution is 2.27. The Bertz CT molecular complexity index is 744. The molecule has 0 fully saturated rings. The number of aromatic nitrogens is 2. The summed E-state index contributed by atoms with van der Waals surface area (Å²) < 4.78 is 5.09. The molecule has 0 aliphatic rings. The fourth-order valence-corrected chi connectivity index (χ4v) is 2.26. The minimum Gasteiger partial charge on any atom is -0.472 e. The lowest BCUT2D eigenvalue weighted by Gasteiger charge is -2.02. The van der Waals surface area contributed by atoms with Gasteiger partial charge in [0.15, 0.2) is 5.82 Å². The van der Waals surface area contributed by atoms with Gasteiger partial charge in [0.1, 0.15) is 0 Å². The molecule has 0 bridgehead atoms. The van der Waals surface area contributed by atoms with Gasteiger partial charge in [-0.1, -0.05) is 19.4 Å². The molecule has 1 aromatic carbocycles. The van der Waals surface area contributed by atoms with E-state index in [2.05, 4.69) is 22.4 Å². The van der Waals surface area contributed by atoms with E-state index in [0.717, 1.165) is 34.9 Å². The lowest BCUT2D eigenvalue weighted by Crippen LogP contribution is -2.11. The van der Waals surface area contributed by atoms with Crippen LogP contribution in [0.3, 0.4) is 0 Å². The highest BCUT2D eigenvalue weighted by Gasteiger charge is 2.10. The van der Waals surface area contributed by atoms with Crippen molar-refractivity contribution >= 4 is 22.6 Å². The summed E-state index contributed by atoms with van der Waals surface area (Å²) in [6.07, 6.45) is 5.76. The number of fused-ring (bicyclic) bond motifs is 1. The fourth-order valence-electron chi connectivity index (χ4n) is 2.26. The van der Waals surface area contributed by atoms with Gasteiger partial charge in [-0.05, 0) is 30.2 Å². The van der Waals surface area contributed by atoms with Crippen molar-refractivity contribution in [3.05, 3.63) is 36.8 Å². The summed E-state index contributed by atoms with van der Waals surface area (Å²) in [5.41, 5.74) is 2.95. The molecule has 0 radical (unpaired) electrons. The minimum absolute atomic E-state index is 0.00385. The maximum Gasteiger partial charge on any atom is 0.225 e. The molecule has 2 heterocycles. The number of amides is 1. The molecule has 0 saturated heterocycles. The van der Waals surface area contributed by atoms with E-state index in [9.17, 15) is 4.79 Å². The van der Waals surface area contributed by atoms with Gasteiger partial charge in [0.2, 0.25) is 5.91 Å². The van der Waals surface area contributed by atoms with Gasteiger partial charge in [0, 0.05) is 17.4 Å². The molecule has 0 aliphatic heterocycles. The molecular formula is C16H17N3O2. The Hall–Kier alpha value is -2.56. The van der Waals surface area contributed by atoms with Crippen molar-refractivity contribution < 1.29 is 9.21 Å². The van der Waals surface area contributed by atoms with Crippen LogP contribution in [-0.2, 0) is 4.79 Å². The number of benzene rings is 1. The summed E-state index contributed by atoms with van der Waals surface area (Å²) in [5, 5.41) is 10.9. The van der Waals surface area contributed by atoms with Crippen molar-refractivity contribution in [3.63, 3.8) is 0 Å². The SMILES string of the molecule is CCCCC(=O)Nc1n[nH]c2cc(-c3ccoc3)ccc12. The molecule has 0 unspecified atom stereocenters. The van der Waals surface area contributed by atoms with E-state index in [4.69, 9.17) is 4.42 Å². The van der Waals surface area contributed by atoms with Crippen LogP contribution in [0.25, 0.3) is 22.0 Å². The van der Waals surface area contributed by atoms with Crippen molar-refractivity contribution in [2.45, 2.75) is 26.2 Å². The van der Waals surface area contributed by atoms with Gasteiger partial charge < -0.3 is 9.73 Å². The van der Waals surface area contributed by atoms with E-state index in [1.165, 1.54) is 0 Å². The smallest absolute Gasteiger partial charge is 0.225 e. The normalized spacial score (nSPS) is 10.9. The van der Waals surface area contributed by atoms with Gasteiger partial charge >= 0.3 is 0 Å². The Morgan fingerprint density at radius 2 is 2.24 bits per heavy atom. The van der Waals surface area contributed by atoms with Crippen LogP contribution in [0, 0.1) is 0 Å². The molecular weight excluding hydrogens is 266 g/mol. The van der Waals surface area contributed by atoms with E-state index in [1.807, 2.05) is 24.3 Å². The van der Waals surface area contributed by atoms with Gasteiger partial charge in [-0.25, -0.2) is 0 Å². The number of hydrogen-bond donors (Lipinski definition) is 2. The minimum atomic E-state index is 0.00385. The molecule has 108 valence electrons. The summed E-state index contributed by atoms with van der Waals surface area (Å²) >= 11 is 0. The van der Waals surface area contributed by atoms with Gasteiger partial charge in [-0.2, -0.15) is 5.10 Å². The molecule has 21 heavy (non-hydrogen) atoms.